The van der Waals surface area contributed by atoms with E-state index in [-0.39, 0.29) is 6.10 Å². The number of benzene rings is 1. The first-order valence-electron chi connectivity index (χ1n) is 6.87. The molecule has 0 aliphatic carbocycles. The van der Waals surface area contributed by atoms with Crippen LogP contribution in [-0.2, 0) is 14.3 Å². The lowest BCUT2D eigenvalue weighted by Gasteiger charge is -2.09. The number of carbonyl (C=O) groups is 2. The summed E-state index contributed by atoms with van der Waals surface area (Å²) in [4.78, 5) is 23.3. The molecule has 0 saturated heterocycles. The summed E-state index contributed by atoms with van der Waals surface area (Å²) in [5, 5.41) is 5.13. The highest BCUT2D eigenvalue weighted by Gasteiger charge is 2.13. The van der Waals surface area contributed by atoms with Gasteiger partial charge in [0.1, 0.15) is 0 Å². The summed E-state index contributed by atoms with van der Waals surface area (Å²) in [6.45, 7) is 6.79. The van der Waals surface area contributed by atoms with Crippen LogP contribution in [0.25, 0.3) is 0 Å². The molecule has 0 fully saturated rings. The number of hydrogen-bond acceptors (Lipinski definition) is 3. The highest BCUT2D eigenvalue weighted by molar-refractivity contribution is 9.10. The first kappa shape index (κ1) is 17.7. The summed E-state index contributed by atoms with van der Waals surface area (Å²) in [6.07, 6.45) is 0.846. The molecule has 0 heterocycles. The lowest BCUT2D eigenvalue weighted by Crippen LogP contribution is -2.36. The van der Waals surface area contributed by atoms with Gasteiger partial charge in [-0.3, -0.25) is 9.59 Å². The maximum atomic E-state index is 11.7. The van der Waals surface area contributed by atoms with Gasteiger partial charge in [-0.15, -0.1) is 0 Å². The zero-order valence-corrected chi connectivity index (χ0v) is 14.1. The summed E-state index contributed by atoms with van der Waals surface area (Å²) >= 11 is 3.38. The molecule has 1 aromatic carbocycles. The SMILES string of the molecule is Cc1cc(NC(=O)C(=O)NCCCOC(C)C)ccc1Br. The number of hydrogen-bond donors (Lipinski definition) is 2. The second kappa shape index (κ2) is 8.79. The van der Waals surface area contributed by atoms with Crippen molar-refractivity contribution in [2.45, 2.75) is 33.3 Å². The van der Waals surface area contributed by atoms with Gasteiger partial charge in [0.05, 0.1) is 6.10 Å². The molecule has 21 heavy (non-hydrogen) atoms. The predicted octanol–water partition coefficient (Wildman–Crippen LogP) is 2.63. The van der Waals surface area contributed by atoms with Crippen molar-refractivity contribution in [3.05, 3.63) is 28.2 Å². The van der Waals surface area contributed by atoms with Crippen molar-refractivity contribution in [1.29, 1.82) is 0 Å². The second-order valence-electron chi connectivity index (χ2n) is 4.95. The number of amides is 2. The molecule has 116 valence electrons. The summed E-state index contributed by atoms with van der Waals surface area (Å²) < 4.78 is 6.30. The Morgan fingerprint density at radius 2 is 2.00 bits per heavy atom. The number of rotatable bonds is 6. The molecule has 2 N–H and O–H groups in total. The van der Waals surface area contributed by atoms with Crippen molar-refractivity contribution in [1.82, 2.24) is 5.32 Å². The van der Waals surface area contributed by atoms with Crippen molar-refractivity contribution in [3.8, 4) is 0 Å². The number of nitrogens with one attached hydrogen (secondary N) is 2. The topological polar surface area (TPSA) is 67.4 Å². The molecule has 6 heteroatoms. The van der Waals surface area contributed by atoms with Gasteiger partial charge < -0.3 is 15.4 Å². The molecule has 0 unspecified atom stereocenters. The van der Waals surface area contributed by atoms with Crippen molar-refractivity contribution in [2.24, 2.45) is 0 Å². The van der Waals surface area contributed by atoms with E-state index in [1.165, 1.54) is 0 Å². The summed E-state index contributed by atoms with van der Waals surface area (Å²) in [5.74, 6) is -1.30. The van der Waals surface area contributed by atoms with Gasteiger partial charge in [-0.1, -0.05) is 15.9 Å². The van der Waals surface area contributed by atoms with Gasteiger partial charge in [0.15, 0.2) is 0 Å². The number of aryl methyl sites for hydroxylation is 1. The van der Waals surface area contributed by atoms with E-state index in [1.807, 2.05) is 26.8 Å². The minimum absolute atomic E-state index is 0.171. The third-order valence-electron chi connectivity index (χ3n) is 2.68. The zero-order chi connectivity index (χ0) is 15.8. The van der Waals surface area contributed by atoms with Crippen LogP contribution in [0.5, 0.6) is 0 Å². The Bertz CT molecular complexity index is 504. The quantitative estimate of drug-likeness (QED) is 0.608. The lowest BCUT2D eigenvalue weighted by molar-refractivity contribution is -0.136. The predicted molar refractivity (Wildman–Crippen MR) is 86.2 cm³/mol. The van der Waals surface area contributed by atoms with Gasteiger partial charge in [0, 0.05) is 23.3 Å². The van der Waals surface area contributed by atoms with Crippen molar-refractivity contribution in [3.63, 3.8) is 0 Å². The van der Waals surface area contributed by atoms with E-state index in [0.717, 1.165) is 10.0 Å². The number of ether oxygens (including phenoxy) is 1. The van der Waals surface area contributed by atoms with Crippen LogP contribution >= 0.6 is 15.9 Å². The fraction of sp³-hybridized carbons (Fsp3) is 0.467. The smallest absolute Gasteiger partial charge is 0.313 e. The minimum atomic E-state index is -0.665. The standard InChI is InChI=1S/C15H21BrN2O3/c1-10(2)21-8-4-7-17-14(19)15(20)18-12-5-6-13(16)11(3)9-12/h5-6,9-10H,4,7-8H2,1-3H3,(H,17,19)(H,18,20). The van der Waals surface area contributed by atoms with Crippen LogP contribution in [-0.4, -0.2) is 31.1 Å². The van der Waals surface area contributed by atoms with Crippen LogP contribution < -0.4 is 10.6 Å². The largest absolute Gasteiger partial charge is 0.379 e. The average Bonchev–Trinajstić information content (AvgIpc) is 2.42. The third kappa shape index (κ3) is 6.73. The van der Waals surface area contributed by atoms with Crippen LogP contribution in [0.15, 0.2) is 22.7 Å². The van der Waals surface area contributed by atoms with Gasteiger partial charge in [-0.2, -0.15) is 0 Å². The average molecular weight is 357 g/mol. The summed E-state index contributed by atoms with van der Waals surface area (Å²) in [6, 6.07) is 5.36. The first-order chi connectivity index (χ1) is 9.90. The van der Waals surface area contributed by atoms with Gasteiger partial charge in [-0.25, -0.2) is 0 Å². The maximum Gasteiger partial charge on any atom is 0.313 e. The Morgan fingerprint density at radius 3 is 2.62 bits per heavy atom. The van der Waals surface area contributed by atoms with E-state index in [4.69, 9.17) is 4.74 Å². The van der Waals surface area contributed by atoms with E-state index in [1.54, 1.807) is 12.1 Å². The van der Waals surface area contributed by atoms with E-state index in [9.17, 15) is 9.59 Å². The Hall–Kier alpha value is -1.40. The minimum Gasteiger partial charge on any atom is -0.379 e. The molecule has 0 saturated carbocycles. The van der Waals surface area contributed by atoms with Crippen molar-refractivity contribution < 1.29 is 14.3 Å². The molecule has 0 atom stereocenters. The molecule has 0 bridgehead atoms. The monoisotopic (exact) mass is 356 g/mol. The molecule has 1 aromatic rings. The van der Waals surface area contributed by atoms with E-state index >= 15 is 0 Å². The molecule has 1 rings (SSSR count). The molecular weight excluding hydrogens is 336 g/mol. The van der Waals surface area contributed by atoms with E-state index < -0.39 is 11.8 Å². The number of carbonyl (C=O) groups excluding carboxylic acids is 2. The second-order valence-corrected chi connectivity index (χ2v) is 5.80. The fourth-order valence-electron chi connectivity index (χ4n) is 1.58. The molecule has 0 aliphatic rings. The van der Waals surface area contributed by atoms with Crippen LogP contribution in [0.1, 0.15) is 25.8 Å². The molecule has 5 nitrogen and oxygen atoms in total. The number of halogens is 1. The Kier molecular flexibility index (Phi) is 7.39. The first-order valence-corrected chi connectivity index (χ1v) is 7.66. The molecular formula is C15H21BrN2O3. The molecule has 2 amide bonds. The zero-order valence-electron chi connectivity index (χ0n) is 12.5. The third-order valence-corrected chi connectivity index (χ3v) is 3.57. The van der Waals surface area contributed by atoms with E-state index in [0.29, 0.717) is 25.3 Å². The van der Waals surface area contributed by atoms with Crippen molar-refractivity contribution >= 4 is 33.4 Å². The molecule has 0 aliphatic heterocycles. The highest BCUT2D eigenvalue weighted by atomic mass is 79.9. The molecule has 0 aromatic heterocycles. The summed E-state index contributed by atoms with van der Waals surface area (Å²) in [7, 11) is 0. The Balaban J connectivity index is 2.34. The van der Waals surface area contributed by atoms with Gasteiger partial charge in [-0.05, 0) is 51.0 Å². The Morgan fingerprint density at radius 1 is 1.29 bits per heavy atom. The van der Waals surface area contributed by atoms with Gasteiger partial charge in [0.2, 0.25) is 0 Å². The van der Waals surface area contributed by atoms with Crippen LogP contribution in [0, 0.1) is 6.92 Å². The fourth-order valence-corrected chi connectivity index (χ4v) is 1.83. The normalized spacial score (nSPS) is 10.5. The lowest BCUT2D eigenvalue weighted by atomic mass is 10.2. The number of anilines is 1. The van der Waals surface area contributed by atoms with Crippen LogP contribution in [0.4, 0.5) is 5.69 Å². The van der Waals surface area contributed by atoms with Gasteiger partial charge in [0.25, 0.3) is 0 Å². The van der Waals surface area contributed by atoms with Gasteiger partial charge >= 0.3 is 11.8 Å². The van der Waals surface area contributed by atoms with E-state index in [2.05, 4.69) is 26.6 Å². The molecule has 0 spiro atoms. The maximum absolute atomic E-state index is 11.7. The highest BCUT2D eigenvalue weighted by Crippen LogP contribution is 2.19. The Labute approximate surface area is 133 Å². The summed E-state index contributed by atoms with van der Waals surface area (Å²) in [5.41, 5.74) is 1.58. The molecule has 0 radical (unpaired) electrons. The van der Waals surface area contributed by atoms with Crippen molar-refractivity contribution in [2.75, 3.05) is 18.5 Å². The van der Waals surface area contributed by atoms with Crippen LogP contribution in [0.3, 0.4) is 0 Å². The van der Waals surface area contributed by atoms with Crippen LogP contribution in [0.2, 0.25) is 0 Å².